The van der Waals surface area contributed by atoms with Gasteiger partial charge in [-0.15, -0.1) is 0 Å². The lowest BCUT2D eigenvalue weighted by atomic mass is 9.91. The molecule has 0 aliphatic heterocycles. The maximum Gasteiger partial charge on any atom is 0.119 e. The summed E-state index contributed by atoms with van der Waals surface area (Å²) in [5.74, 6) is 3.97. The van der Waals surface area contributed by atoms with Crippen molar-refractivity contribution < 1.29 is 0 Å². The Morgan fingerprint density at radius 1 is 0.556 bits per heavy atom. The minimum Gasteiger partial charge on any atom is -0.337 e. The average Bonchev–Trinajstić information content (AvgIpc) is 3.41. The second kappa shape index (κ2) is 6.86. The third-order valence-corrected chi connectivity index (χ3v) is 5.15. The van der Waals surface area contributed by atoms with Gasteiger partial charge in [-0.2, -0.15) is 0 Å². The van der Waals surface area contributed by atoms with Crippen LogP contribution in [0, 0.1) is 0 Å². The number of hydrogen-bond donors (Lipinski definition) is 0. The van der Waals surface area contributed by atoms with Crippen LogP contribution >= 0.6 is 0 Å². The van der Waals surface area contributed by atoms with Gasteiger partial charge in [-0.05, 0) is 6.42 Å². The Bertz CT molecular complexity index is 871. The zero-order chi connectivity index (χ0) is 19.0. The average molecular weight is 364 g/mol. The maximum absolute atomic E-state index is 4.63. The van der Waals surface area contributed by atoms with E-state index in [-0.39, 0.29) is 11.8 Å². The number of hydrogen-bond acceptors (Lipinski definition) is 4. The Labute approximate surface area is 158 Å². The Kier molecular flexibility index (Phi) is 4.39. The fraction of sp³-hybridized carbons (Fsp3) is 0.368. The molecule has 0 amide bonds. The largest absolute Gasteiger partial charge is 0.337 e. The number of aromatic nitrogens is 8. The Balaban J connectivity index is 1.82. The van der Waals surface area contributed by atoms with Crippen LogP contribution in [0.5, 0.6) is 0 Å². The fourth-order valence-electron chi connectivity index (χ4n) is 3.74. The third-order valence-electron chi connectivity index (χ3n) is 5.15. The lowest BCUT2D eigenvalue weighted by molar-refractivity contribution is 0.512. The second-order valence-corrected chi connectivity index (χ2v) is 6.93. The Morgan fingerprint density at radius 3 is 1.00 bits per heavy atom. The van der Waals surface area contributed by atoms with Crippen molar-refractivity contribution in [2.75, 3.05) is 0 Å². The molecule has 0 saturated carbocycles. The Hall–Kier alpha value is -3.16. The number of aryl methyl sites for hydroxylation is 4. The molecule has 27 heavy (non-hydrogen) atoms. The highest BCUT2D eigenvalue weighted by Gasteiger charge is 2.31. The summed E-state index contributed by atoms with van der Waals surface area (Å²) in [5, 5.41) is 0. The number of imidazole rings is 4. The van der Waals surface area contributed by atoms with E-state index in [0.717, 1.165) is 29.7 Å². The fourth-order valence-corrected chi connectivity index (χ4v) is 3.74. The van der Waals surface area contributed by atoms with Crippen molar-refractivity contribution in [1.29, 1.82) is 0 Å². The van der Waals surface area contributed by atoms with Crippen molar-refractivity contribution in [2.24, 2.45) is 28.2 Å². The standard InChI is InChI=1S/C19H24N8/c1-24-9-5-20-16(24)14(17-21-6-10-25(17)2)13-15(18-22-7-11-26(18)3)19-23-8-12-27(19)4/h5-12,14-15H,13H2,1-4H3. The molecule has 8 nitrogen and oxygen atoms in total. The smallest absolute Gasteiger partial charge is 0.119 e. The van der Waals surface area contributed by atoms with Gasteiger partial charge in [0.1, 0.15) is 23.3 Å². The first kappa shape index (κ1) is 17.3. The van der Waals surface area contributed by atoms with E-state index < -0.39 is 0 Å². The molecule has 0 bridgehead atoms. The van der Waals surface area contributed by atoms with Gasteiger partial charge in [0.05, 0.1) is 11.8 Å². The lowest BCUT2D eigenvalue weighted by Crippen LogP contribution is -2.20. The van der Waals surface area contributed by atoms with Crippen molar-refractivity contribution in [3.63, 3.8) is 0 Å². The molecular weight excluding hydrogens is 340 g/mol. The summed E-state index contributed by atoms with van der Waals surface area (Å²) in [4.78, 5) is 18.5. The molecule has 0 fully saturated rings. The van der Waals surface area contributed by atoms with Gasteiger partial charge in [-0.1, -0.05) is 0 Å². The topological polar surface area (TPSA) is 71.3 Å². The zero-order valence-electron chi connectivity index (χ0n) is 16.1. The van der Waals surface area contributed by atoms with Crippen LogP contribution in [-0.4, -0.2) is 38.2 Å². The van der Waals surface area contributed by atoms with Crippen LogP contribution in [0.2, 0.25) is 0 Å². The molecule has 8 heteroatoms. The highest BCUT2D eigenvalue weighted by molar-refractivity contribution is 5.21. The predicted molar refractivity (Wildman–Crippen MR) is 101 cm³/mol. The zero-order valence-corrected chi connectivity index (χ0v) is 16.1. The van der Waals surface area contributed by atoms with Crippen LogP contribution in [0.15, 0.2) is 49.6 Å². The predicted octanol–water partition coefficient (Wildman–Crippen LogP) is 1.97. The van der Waals surface area contributed by atoms with Gasteiger partial charge in [0.2, 0.25) is 0 Å². The number of nitrogens with zero attached hydrogens (tertiary/aromatic N) is 8. The number of rotatable bonds is 6. The third kappa shape index (κ3) is 3.07. The van der Waals surface area contributed by atoms with E-state index in [4.69, 9.17) is 0 Å². The molecule has 0 aliphatic rings. The quantitative estimate of drug-likeness (QED) is 0.524. The molecule has 0 spiro atoms. The maximum atomic E-state index is 4.63. The van der Waals surface area contributed by atoms with Gasteiger partial charge < -0.3 is 18.3 Å². The Morgan fingerprint density at radius 2 is 0.815 bits per heavy atom. The van der Waals surface area contributed by atoms with Gasteiger partial charge in [-0.3, -0.25) is 0 Å². The molecule has 4 heterocycles. The van der Waals surface area contributed by atoms with E-state index in [1.807, 2.05) is 77.8 Å². The van der Waals surface area contributed by atoms with Crippen LogP contribution in [-0.2, 0) is 28.2 Å². The van der Waals surface area contributed by atoms with Crippen LogP contribution in [0.3, 0.4) is 0 Å². The normalized spacial score (nSPS) is 11.8. The van der Waals surface area contributed by atoms with Gasteiger partial charge in [0.25, 0.3) is 0 Å². The summed E-state index contributed by atoms with van der Waals surface area (Å²) in [6.45, 7) is 0. The monoisotopic (exact) mass is 364 g/mol. The first-order chi connectivity index (χ1) is 13.1. The first-order valence-electron chi connectivity index (χ1n) is 8.95. The molecule has 0 N–H and O–H groups in total. The van der Waals surface area contributed by atoms with E-state index in [1.54, 1.807) is 0 Å². The van der Waals surface area contributed by atoms with E-state index in [0.29, 0.717) is 0 Å². The van der Waals surface area contributed by atoms with Crippen molar-refractivity contribution in [3.05, 3.63) is 72.9 Å². The summed E-state index contributed by atoms with van der Waals surface area (Å²) >= 11 is 0. The lowest BCUT2D eigenvalue weighted by Gasteiger charge is -2.23. The van der Waals surface area contributed by atoms with E-state index in [1.165, 1.54) is 0 Å². The molecule has 0 saturated heterocycles. The molecular formula is C19H24N8. The molecule has 0 aliphatic carbocycles. The van der Waals surface area contributed by atoms with Crippen LogP contribution in [0.1, 0.15) is 41.6 Å². The molecule has 4 aromatic rings. The molecule has 4 rings (SSSR count). The molecule has 0 aromatic carbocycles. The van der Waals surface area contributed by atoms with Crippen LogP contribution in [0.25, 0.3) is 0 Å². The molecule has 140 valence electrons. The van der Waals surface area contributed by atoms with Gasteiger partial charge in [0.15, 0.2) is 0 Å². The highest BCUT2D eigenvalue weighted by Crippen LogP contribution is 2.35. The summed E-state index contributed by atoms with van der Waals surface area (Å²) < 4.78 is 8.25. The van der Waals surface area contributed by atoms with Crippen molar-refractivity contribution in [1.82, 2.24) is 38.2 Å². The molecule has 0 radical (unpaired) electrons. The van der Waals surface area contributed by atoms with E-state index >= 15 is 0 Å². The summed E-state index contributed by atoms with van der Waals surface area (Å²) in [6, 6.07) is 0. The first-order valence-corrected chi connectivity index (χ1v) is 8.95. The van der Waals surface area contributed by atoms with Crippen molar-refractivity contribution >= 4 is 0 Å². The van der Waals surface area contributed by atoms with Gasteiger partial charge in [-0.25, -0.2) is 19.9 Å². The van der Waals surface area contributed by atoms with Crippen molar-refractivity contribution in [2.45, 2.75) is 18.3 Å². The van der Waals surface area contributed by atoms with E-state index in [9.17, 15) is 0 Å². The summed E-state index contributed by atoms with van der Waals surface area (Å²) in [6.07, 6.45) is 16.0. The second-order valence-electron chi connectivity index (χ2n) is 6.93. The highest BCUT2D eigenvalue weighted by atomic mass is 15.1. The van der Waals surface area contributed by atoms with Crippen molar-refractivity contribution in [3.8, 4) is 0 Å². The summed E-state index contributed by atoms with van der Waals surface area (Å²) in [5.41, 5.74) is 0. The van der Waals surface area contributed by atoms with Gasteiger partial charge >= 0.3 is 0 Å². The molecule has 0 atom stereocenters. The van der Waals surface area contributed by atoms with E-state index in [2.05, 4.69) is 38.2 Å². The SMILES string of the molecule is Cn1ccnc1C(CC(c1nccn1C)c1nccn1C)c1nccn1C. The van der Waals surface area contributed by atoms with Crippen LogP contribution < -0.4 is 0 Å². The van der Waals surface area contributed by atoms with Crippen LogP contribution in [0.4, 0.5) is 0 Å². The van der Waals surface area contributed by atoms with Gasteiger partial charge in [0, 0.05) is 77.8 Å². The minimum atomic E-state index is 0.0170. The molecule has 0 unspecified atom stereocenters. The minimum absolute atomic E-state index is 0.0170. The molecule has 4 aromatic heterocycles. The summed E-state index contributed by atoms with van der Waals surface area (Å²) in [7, 11) is 8.09.